The molecule has 2 aromatic rings. The van der Waals surface area contributed by atoms with Crippen molar-refractivity contribution in [2.75, 3.05) is 33.3 Å². The van der Waals surface area contributed by atoms with E-state index in [1.165, 1.54) is 59.0 Å². The fourth-order valence-corrected chi connectivity index (χ4v) is 5.90. The van der Waals surface area contributed by atoms with E-state index in [9.17, 15) is 21.6 Å². The van der Waals surface area contributed by atoms with Gasteiger partial charge in [0.15, 0.2) is 5.78 Å². The van der Waals surface area contributed by atoms with Gasteiger partial charge < -0.3 is 4.74 Å². The minimum Gasteiger partial charge on any atom is -0.497 e. The molecular weight excluding hydrogens is 416 g/mol. The maximum atomic E-state index is 12.8. The number of rotatable bonds is 6. The Morgan fingerprint density at radius 1 is 0.759 bits per heavy atom. The average Bonchev–Trinajstić information content (AvgIpc) is 2.74. The van der Waals surface area contributed by atoms with Crippen LogP contribution in [-0.4, -0.2) is 64.5 Å². The summed E-state index contributed by atoms with van der Waals surface area (Å²) in [6, 6.07) is 11.8. The molecule has 0 unspecified atom stereocenters. The van der Waals surface area contributed by atoms with Crippen molar-refractivity contribution in [3.63, 3.8) is 0 Å². The molecule has 0 saturated carbocycles. The van der Waals surface area contributed by atoms with Gasteiger partial charge >= 0.3 is 0 Å². The molecule has 10 heteroatoms. The van der Waals surface area contributed by atoms with E-state index in [0.29, 0.717) is 11.3 Å². The maximum absolute atomic E-state index is 12.8. The summed E-state index contributed by atoms with van der Waals surface area (Å²) in [7, 11) is -5.98. The number of ketones is 1. The van der Waals surface area contributed by atoms with Gasteiger partial charge in [0.1, 0.15) is 5.75 Å². The van der Waals surface area contributed by atoms with Crippen molar-refractivity contribution in [3.05, 3.63) is 54.1 Å². The summed E-state index contributed by atoms with van der Waals surface area (Å²) in [5.74, 6) is 0.405. The standard InChI is InChI=1S/C19H22N2O6S2/c1-15(22)16-3-7-18(8-4-16)28(23,24)20-11-13-21(14-12-20)29(25,26)19-9-5-17(27-2)6-10-19/h3-10H,11-14H2,1-2H3. The van der Waals surface area contributed by atoms with Crippen LogP contribution in [0.2, 0.25) is 0 Å². The number of carbonyl (C=O) groups is 1. The summed E-state index contributed by atoms with van der Waals surface area (Å²) in [5, 5.41) is 0. The number of methoxy groups -OCH3 is 1. The third-order valence-corrected chi connectivity index (χ3v) is 8.62. The van der Waals surface area contributed by atoms with Crippen molar-refractivity contribution in [3.8, 4) is 5.75 Å². The van der Waals surface area contributed by atoms with Crippen LogP contribution in [-0.2, 0) is 20.0 Å². The third-order valence-electron chi connectivity index (χ3n) is 4.79. The summed E-state index contributed by atoms with van der Waals surface area (Å²) < 4.78 is 58.8. The molecule has 0 N–H and O–H groups in total. The van der Waals surface area contributed by atoms with Crippen molar-refractivity contribution in [2.45, 2.75) is 16.7 Å². The highest BCUT2D eigenvalue weighted by Gasteiger charge is 2.33. The first-order valence-electron chi connectivity index (χ1n) is 8.91. The molecule has 2 aromatic carbocycles. The van der Waals surface area contributed by atoms with Crippen molar-refractivity contribution in [2.24, 2.45) is 0 Å². The monoisotopic (exact) mass is 438 g/mol. The predicted octanol–water partition coefficient (Wildman–Crippen LogP) is 1.59. The highest BCUT2D eigenvalue weighted by atomic mass is 32.2. The molecule has 1 aliphatic heterocycles. The van der Waals surface area contributed by atoms with E-state index in [1.54, 1.807) is 12.1 Å². The van der Waals surface area contributed by atoms with E-state index >= 15 is 0 Å². The average molecular weight is 439 g/mol. The third kappa shape index (κ3) is 4.35. The Labute approximate surface area is 170 Å². The number of nitrogens with zero attached hydrogens (tertiary/aromatic N) is 2. The Balaban J connectivity index is 1.72. The highest BCUT2D eigenvalue weighted by molar-refractivity contribution is 7.89. The van der Waals surface area contributed by atoms with Crippen molar-refractivity contribution in [1.29, 1.82) is 0 Å². The van der Waals surface area contributed by atoms with Crippen molar-refractivity contribution < 1.29 is 26.4 Å². The van der Waals surface area contributed by atoms with Crippen LogP contribution in [0.5, 0.6) is 5.75 Å². The van der Waals surface area contributed by atoms with Crippen LogP contribution < -0.4 is 4.74 Å². The van der Waals surface area contributed by atoms with Gasteiger partial charge in [0.2, 0.25) is 20.0 Å². The molecule has 0 aliphatic carbocycles. The van der Waals surface area contributed by atoms with Gasteiger partial charge in [-0.1, -0.05) is 12.1 Å². The molecule has 0 bridgehead atoms. The Morgan fingerprint density at radius 3 is 1.48 bits per heavy atom. The number of piperazine rings is 1. The summed E-state index contributed by atoms with van der Waals surface area (Å²) >= 11 is 0. The number of benzene rings is 2. The smallest absolute Gasteiger partial charge is 0.243 e. The van der Waals surface area contributed by atoms with Crippen LogP contribution >= 0.6 is 0 Å². The lowest BCUT2D eigenvalue weighted by Crippen LogP contribution is -2.50. The van der Waals surface area contributed by atoms with Gasteiger partial charge in [-0.15, -0.1) is 0 Å². The minimum absolute atomic E-state index is 0.0478. The van der Waals surface area contributed by atoms with Crippen LogP contribution in [0.4, 0.5) is 0 Å². The van der Waals surface area contributed by atoms with Gasteiger partial charge in [-0.3, -0.25) is 4.79 Å². The number of Topliss-reactive ketones (excluding diaryl/α,β-unsaturated/α-hetero) is 1. The first-order chi connectivity index (χ1) is 13.7. The Bertz CT molecular complexity index is 1090. The molecule has 0 atom stereocenters. The number of hydrogen-bond donors (Lipinski definition) is 0. The van der Waals surface area contributed by atoms with Crippen molar-refractivity contribution in [1.82, 2.24) is 8.61 Å². The molecule has 1 saturated heterocycles. The van der Waals surface area contributed by atoms with Gasteiger partial charge in [-0.25, -0.2) is 16.8 Å². The lowest BCUT2D eigenvalue weighted by molar-refractivity contribution is 0.101. The molecule has 0 radical (unpaired) electrons. The number of hydrogen-bond acceptors (Lipinski definition) is 6. The second kappa shape index (κ2) is 8.23. The molecule has 8 nitrogen and oxygen atoms in total. The van der Waals surface area contributed by atoms with Gasteiger partial charge in [-0.2, -0.15) is 8.61 Å². The van der Waals surface area contributed by atoms with E-state index in [4.69, 9.17) is 4.74 Å². The SMILES string of the molecule is COc1ccc(S(=O)(=O)N2CCN(S(=O)(=O)c3ccc(C(C)=O)cc3)CC2)cc1. The van der Waals surface area contributed by atoms with Crippen LogP contribution in [0.3, 0.4) is 0 Å². The Morgan fingerprint density at radius 2 is 1.14 bits per heavy atom. The molecule has 1 heterocycles. The fraction of sp³-hybridized carbons (Fsp3) is 0.316. The number of sulfonamides is 2. The molecule has 1 fully saturated rings. The quantitative estimate of drug-likeness (QED) is 0.635. The second-order valence-electron chi connectivity index (χ2n) is 6.56. The van der Waals surface area contributed by atoms with Crippen LogP contribution in [0.25, 0.3) is 0 Å². The van der Waals surface area contributed by atoms with E-state index in [-0.39, 0.29) is 41.8 Å². The normalized spacial score (nSPS) is 16.5. The van der Waals surface area contributed by atoms with Crippen LogP contribution in [0, 0.1) is 0 Å². The zero-order valence-corrected chi connectivity index (χ0v) is 17.7. The van der Waals surface area contributed by atoms with Crippen LogP contribution in [0.15, 0.2) is 58.3 Å². The molecule has 29 heavy (non-hydrogen) atoms. The van der Waals surface area contributed by atoms with E-state index in [1.807, 2.05) is 0 Å². The first-order valence-corrected chi connectivity index (χ1v) is 11.8. The largest absolute Gasteiger partial charge is 0.497 e. The van der Waals surface area contributed by atoms with E-state index < -0.39 is 20.0 Å². The van der Waals surface area contributed by atoms with Gasteiger partial charge in [0.05, 0.1) is 16.9 Å². The lowest BCUT2D eigenvalue weighted by atomic mass is 10.2. The zero-order chi connectivity index (χ0) is 21.2. The first kappa shape index (κ1) is 21.4. The molecule has 3 rings (SSSR count). The van der Waals surface area contributed by atoms with Gasteiger partial charge in [0.25, 0.3) is 0 Å². The van der Waals surface area contributed by atoms with Crippen LogP contribution in [0.1, 0.15) is 17.3 Å². The summed E-state index contributed by atoms with van der Waals surface area (Å²) in [6.07, 6.45) is 0. The predicted molar refractivity (Wildman–Crippen MR) is 107 cm³/mol. The van der Waals surface area contributed by atoms with Gasteiger partial charge in [-0.05, 0) is 43.3 Å². The second-order valence-corrected chi connectivity index (χ2v) is 10.4. The maximum Gasteiger partial charge on any atom is 0.243 e. The summed E-state index contributed by atoms with van der Waals surface area (Å²) in [5.41, 5.74) is 0.430. The zero-order valence-electron chi connectivity index (χ0n) is 16.1. The topological polar surface area (TPSA) is 101 Å². The molecule has 0 amide bonds. The molecule has 1 aliphatic rings. The van der Waals surface area contributed by atoms with E-state index in [2.05, 4.69) is 0 Å². The molecule has 156 valence electrons. The fourth-order valence-electron chi connectivity index (χ4n) is 3.06. The summed E-state index contributed by atoms with van der Waals surface area (Å²) in [4.78, 5) is 11.6. The highest BCUT2D eigenvalue weighted by Crippen LogP contribution is 2.23. The van der Waals surface area contributed by atoms with E-state index in [0.717, 1.165) is 0 Å². The summed E-state index contributed by atoms with van der Waals surface area (Å²) in [6.45, 7) is 1.61. The lowest BCUT2D eigenvalue weighted by Gasteiger charge is -2.33. The van der Waals surface area contributed by atoms with Crippen molar-refractivity contribution >= 4 is 25.8 Å². The number of carbonyl (C=O) groups excluding carboxylic acids is 1. The molecule has 0 spiro atoms. The van der Waals surface area contributed by atoms with Gasteiger partial charge in [0, 0.05) is 31.7 Å². The molecular formula is C19H22N2O6S2. The Hall–Kier alpha value is -2.27. The Kier molecular flexibility index (Phi) is 6.08. The minimum atomic E-state index is -3.76. The number of ether oxygens (including phenoxy) is 1. The molecule has 0 aromatic heterocycles.